The van der Waals surface area contributed by atoms with Crippen LogP contribution in [0, 0.1) is 0 Å². The van der Waals surface area contributed by atoms with Gasteiger partial charge in [-0.2, -0.15) is 0 Å². The van der Waals surface area contributed by atoms with Crippen molar-refractivity contribution in [1.82, 2.24) is 4.57 Å². The average Bonchev–Trinajstić information content (AvgIpc) is 3.64. The van der Waals surface area contributed by atoms with E-state index < -0.39 is 0 Å². The zero-order valence-corrected chi connectivity index (χ0v) is 32.5. The predicted octanol–water partition coefficient (Wildman–Crippen LogP) is 14.7. The summed E-state index contributed by atoms with van der Waals surface area (Å²) in [5.74, 6) is 1.18. The van der Waals surface area contributed by atoms with Gasteiger partial charge in [0.15, 0.2) is 0 Å². The fourth-order valence-electron chi connectivity index (χ4n) is 9.93. The maximum absolute atomic E-state index is 6.32. The fourth-order valence-corrected chi connectivity index (χ4v) is 9.93. The summed E-state index contributed by atoms with van der Waals surface area (Å²) < 4.78 is 8.75. The summed E-state index contributed by atoms with van der Waals surface area (Å²) >= 11 is 0. The van der Waals surface area contributed by atoms with Crippen LogP contribution < -0.4 is 4.74 Å². The molecule has 2 nitrogen and oxygen atoms in total. The fraction of sp³-hybridized carbons (Fsp3) is 0.0526. The summed E-state index contributed by atoms with van der Waals surface area (Å²) in [5.41, 5.74) is 21.4. The van der Waals surface area contributed by atoms with E-state index in [-0.39, 0.29) is 5.92 Å². The molecule has 0 amide bonds. The van der Waals surface area contributed by atoms with Gasteiger partial charge < -0.3 is 9.30 Å². The lowest BCUT2D eigenvalue weighted by atomic mass is 9.73. The van der Waals surface area contributed by atoms with Crippen LogP contribution in [0.3, 0.4) is 0 Å². The molecule has 0 radical (unpaired) electrons. The molecule has 0 fully saturated rings. The molecule has 59 heavy (non-hydrogen) atoms. The smallest absolute Gasteiger partial charge is 0.129 e. The first-order valence-electron chi connectivity index (χ1n) is 20.6. The second kappa shape index (κ2) is 13.6. The molecule has 2 heteroatoms. The summed E-state index contributed by atoms with van der Waals surface area (Å²) in [6, 6.07) is 75.8. The van der Waals surface area contributed by atoms with Crippen molar-refractivity contribution in [2.24, 2.45) is 0 Å². The highest BCUT2D eigenvalue weighted by atomic mass is 16.5. The maximum Gasteiger partial charge on any atom is 0.129 e. The molecule has 0 saturated carbocycles. The average molecular weight is 754 g/mol. The van der Waals surface area contributed by atoms with Gasteiger partial charge in [0.1, 0.15) is 12.4 Å². The zero-order valence-electron chi connectivity index (χ0n) is 32.5. The molecular formula is C57H39NO. The molecule has 1 aliphatic carbocycles. The number of ether oxygens (including phenoxy) is 1. The highest BCUT2D eigenvalue weighted by Gasteiger charge is 2.28. The Labute approximate surface area is 344 Å². The number of benzene rings is 9. The minimum Gasteiger partial charge on any atom is -0.488 e. The van der Waals surface area contributed by atoms with Crippen LogP contribution in [0.2, 0.25) is 0 Å². The SMILES string of the molecule is c1ccc(-c2ccc(-c3ccccc3C3Cc4ccc(-c5ccc6c(c5)c5ccccc5n6-c5cccc6c5-c5ccccc5CO6)cc4-c4ccccc43)cc2)cc1. The topological polar surface area (TPSA) is 14.2 Å². The van der Waals surface area contributed by atoms with Crippen molar-refractivity contribution in [2.75, 3.05) is 0 Å². The molecule has 2 aliphatic rings. The Morgan fingerprint density at radius 2 is 1.02 bits per heavy atom. The Morgan fingerprint density at radius 3 is 1.88 bits per heavy atom. The number of para-hydroxylation sites is 1. The minimum absolute atomic E-state index is 0.248. The molecule has 1 aromatic heterocycles. The third kappa shape index (κ3) is 5.48. The summed E-state index contributed by atoms with van der Waals surface area (Å²) in [4.78, 5) is 0. The third-order valence-corrected chi connectivity index (χ3v) is 12.7. The van der Waals surface area contributed by atoms with Crippen molar-refractivity contribution in [3.8, 4) is 67.1 Å². The van der Waals surface area contributed by atoms with E-state index in [0.717, 1.165) is 23.4 Å². The number of rotatable bonds is 5. The van der Waals surface area contributed by atoms with Crippen LogP contribution in [0.1, 0.15) is 28.2 Å². The van der Waals surface area contributed by atoms with Gasteiger partial charge in [0.25, 0.3) is 0 Å². The number of hydrogen-bond donors (Lipinski definition) is 0. The summed E-state index contributed by atoms with van der Waals surface area (Å²) in [6.07, 6.45) is 0.951. The molecule has 10 aromatic rings. The van der Waals surface area contributed by atoms with Crippen LogP contribution in [0.5, 0.6) is 5.75 Å². The van der Waals surface area contributed by atoms with Gasteiger partial charge >= 0.3 is 0 Å². The largest absolute Gasteiger partial charge is 0.488 e. The van der Waals surface area contributed by atoms with Gasteiger partial charge in [0.2, 0.25) is 0 Å². The highest BCUT2D eigenvalue weighted by molar-refractivity contribution is 6.11. The van der Waals surface area contributed by atoms with Gasteiger partial charge in [-0.3, -0.25) is 0 Å². The van der Waals surface area contributed by atoms with E-state index in [0.29, 0.717) is 6.61 Å². The summed E-state index contributed by atoms with van der Waals surface area (Å²) in [5, 5.41) is 2.48. The Hall–Kier alpha value is -7.42. The lowest BCUT2D eigenvalue weighted by Gasteiger charge is -2.30. The summed E-state index contributed by atoms with van der Waals surface area (Å²) in [6.45, 7) is 0.590. The molecule has 0 spiro atoms. The van der Waals surface area contributed by atoms with E-state index in [9.17, 15) is 0 Å². The molecule has 2 heterocycles. The Morgan fingerprint density at radius 1 is 0.390 bits per heavy atom. The van der Waals surface area contributed by atoms with Gasteiger partial charge in [-0.25, -0.2) is 0 Å². The lowest BCUT2D eigenvalue weighted by Crippen LogP contribution is -2.13. The molecule has 1 unspecified atom stereocenters. The first kappa shape index (κ1) is 33.7. The normalized spacial score (nSPS) is 13.9. The number of nitrogens with zero attached hydrogens (tertiary/aromatic N) is 1. The zero-order chi connectivity index (χ0) is 38.9. The van der Waals surface area contributed by atoms with Gasteiger partial charge in [0.05, 0.1) is 16.7 Å². The van der Waals surface area contributed by atoms with E-state index in [2.05, 4.69) is 211 Å². The quantitative estimate of drug-likeness (QED) is 0.171. The van der Waals surface area contributed by atoms with Gasteiger partial charge in [0, 0.05) is 22.3 Å². The van der Waals surface area contributed by atoms with Crippen molar-refractivity contribution < 1.29 is 4.74 Å². The van der Waals surface area contributed by atoms with Crippen LogP contribution in [0.4, 0.5) is 0 Å². The molecular weight excluding hydrogens is 715 g/mol. The highest BCUT2D eigenvalue weighted by Crippen LogP contribution is 2.48. The second-order valence-electron chi connectivity index (χ2n) is 15.9. The third-order valence-electron chi connectivity index (χ3n) is 12.7. The van der Waals surface area contributed by atoms with Crippen molar-refractivity contribution in [3.63, 3.8) is 0 Å². The van der Waals surface area contributed by atoms with Crippen LogP contribution in [0.15, 0.2) is 206 Å². The molecule has 12 rings (SSSR count). The van der Waals surface area contributed by atoms with E-state index in [1.807, 2.05) is 0 Å². The Kier molecular flexibility index (Phi) is 7.77. The molecule has 0 N–H and O–H groups in total. The number of hydrogen-bond acceptors (Lipinski definition) is 1. The van der Waals surface area contributed by atoms with Crippen LogP contribution >= 0.6 is 0 Å². The lowest BCUT2D eigenvalue weighted by molar-refractivity contribution is 0.302. The summed E-state index contributed by atoms with van der Waals surface area (Å²) in [7, 11) is 0. The Balaban J connectivity index is 0.938. The minimum atomic E-state index is 0.248. The van der Waals surface area contributed by atoms with Crippen LogP contribution in [-0.2, 0) is 13.0 Å². The first-order valence-corrected chi connectivity index (χ1v) is 20.6. The molecule has 0 saturated heterocycles. The van der Waals surface area contributed by atoms with Gasteiger partial charge in [-0.05, 0) is 115 Å². The molecule has 278 valence electrons. The molecule has 0 bridgehead atoms. The van der Waals surface area contributed by atoms with Gasteiger partial charge in [-0.1, -0.05) is 170 Å². The number of aromatic nitrogens is 1. The molecule has 1 atom stereocenters. The van der Waals surface area contributed by atoms with E-state index >= 15 is 0 Å². The standard InChI is InChI=1S/C57H39NO/c1-2-13-37(14-3-1)38-25-27-39(28-26-38)44-16-6-7-18-46(44)51-35-42-30-29-40(33-50(42)47-19-8-9-20-48(47)51)41-31-32-54-52(34-41)49-21-10-11-22-53(49)58(54)55-23-12-24-56-57(55)45-17-5-4-15-43(45)36-59-56/h1-34,51H,35-36H2. The monoisotopic (exact) mass is 753 g/mol. The predicted molar refractivity (Wildman–Crippen MR) is 244 cm³/mol. The van der Waals surface area contributed by atoms with Gasteiger partial charge in [-0.15, -0.1) is 0 Å². The second-order valence-corrected chi connectivity index (χ2v) is 15.9. The van der Waals surface area contributed by atoms with Crippen molar-refractivity contribution in [2.45, 2.75) is 18.9 Å². The van der Waals surface area contributed by atoms with E-state index in [1.54, 1.807) is 0 Å². The van der Waals surface area contributed by atoms with Crippen molar-refractivity contribution in [3.05, 3.63) is 229 Å². The first-order chi connectivity index (χ1) is 29.3. The van der Waals surface area contributed by atoms with Crippen LogP contribution in [0.25, 0.3) is 83.1 Å². The van der Waals surface area contributed by atoms with E-state index in [1.165, 1.54) is 94.1 Å². The number of fused-ring (bicyclic) bond motifs is 9. The molecule has 1 aliphatic heterocycles. The Bertz CT molecular complexity index is 3240. The van der Waals surface area contributed by atoms with Crippen LogP contribution in [-0.4, -0.2) is 4.57 Å². The molecule has 9 aromatic carbocycles. The van der Waals surface area contributed by atoms with Crippen molar-refractivity contribution in [1.29, 1.82) is 0 Å². The van der Waals surface area contributed by atoms with E-state index in [4.69, 9.17) is 4.74 Å². The van der Waals surface area contributed by atoms with Crippen molar-refractivity contribution >= 4 is 21.8 Å². The maximum atomic E-state index is 6.32.